The molecule has 2 aliphatic rings. The van der Waals surface area contributed by atoms with E-state index in [2.05, 4.69) is 35.4 Å². The number of nitrogens with zero attached hydrogens (tertiary/aromatic N) is 1. The fourth-order valence-corrected chi connectivity index (χ4v) is 5.28. The summed E-state index contributed by atoms with van der Waals surface area (Å²) in [6, 6.07) is -2.83. The molecule has 2 rings (SSSR count). The van der Waals surface area contributed by atoms with Crippen LogP contribution in [0.15, 0.2) is 0 Å². The number of rotatable bonds is 10. The first-order chi connectivity index (χ1) is 18.0. The van der Waals surface area contributed by atoms with Crippen molar-refractivity contribution in [1.82, 2.24) is 21.3 Å². The standard InChI is InChI=1S/C29H51N5O5/c1-18(2)22(23(35)27(38)31-21-12-10-9-11-13-21)32-25(36)19(3)30-28(39)24(29(4,5)6)33-26(37)20-14-16-34(7,8)17-15-20/h18-22,24H,9-17H2,1-8H3,(H3-,30,31,32,33,36,37,38,39)/p+1. The Morgan fingerprint density at radius 2 is 1.33 bits per heavy atom. The minimum atomic E-state index is -1.01. The number of amides is 4. The molecule has 4 N–H and O–H groups in total. The Bertz CT molecular complexity index is 894. The number of hydrogen-bond acceptors (Lipinski definition) is 5. The van der Waals surface area contributed by atoms with E-state index >= 15 is 0 Å². The van der Waals surface area contributed by atoms with E-state index in [0.717, 1.165) is 62.5 Å². The van der Waals surface area contributed by atoms with Gasteiger partial charge >= 0.3 is 0 Å². The van der Waals surface area contributed by atoms with E-state index in [1.54, 1.807) is 13.8 Å². The van der Waals surface area contributed by atoms with Crippen LogP contribution in [0.25, 0.3) is 0 Å². The Morgan fingerprint density at radius 1 is 0.769 bits per heavy atom. The van der Waals surface area contributed by atoms with Gasteiger partial charge in [0.25, 0.3) is 5.91 Å². The second-order valence-corrected chi connectivity index (χ2v) is 13.6. The molecule has 0 spiro atoms. The van der Waals surface area contributed by atoms with E-state index in [1.165, 1.54) is 6.92 Å². The van der Waals surface area contributed by atoms with Gasteiger partial charge in [0.1, 0.15) is 12.1 Å². The van der Waals surface area contributed by atoms with Crippen molar-refractivity contribution in [1.29, 1.82) is 0 Å². The summed E-state index contributed by atoms with van der Waals surface area (Å²) >= 11 is 0. The van der Waals surface area contributed by atoms with E-state index in [9.17, 15) is 24.0 Å². The van der Waals surface area contributed by atoms with Gasteiger partial charge in [-0.2, -0.15) is 0 Å². The highest BCUT2D eigenvalue weighted by Gasteiger charge is 2.38. The Kier molecular flexibility index (Phi) is 11.5. The topological polar surface area (TPSA) is 133 Å². The van der Waals surface area contributed by atoms with Crippen LogP contribution < -0.4 is 21.3 Å². The maximum atomic E-state index is 13.3. The second-order valence-electron chi connectivity index (χ2n) is 13.6. The third-order valence-corrected chi connectivity index (χ3v) is 8.11. The van der Waals surface area contributed by atoms with Crippen molar-refractivity contribution in [2.75, 3.05) is 27.2 Å². The molecule has 3 unspecified atom stereocenters. The lowest BCUT2D eigenvalue weighted by Crippen LogP contribution is -2.60. The number of quaternary nitrogens is 1. The Labute approximate surface area is 234 Å². The van der Waals surface area contributed by atoms with E-state index in [4.69, 9.17) is 0 Å². The molecule has 2 fully saturated rings. The number of Topliss-reactive ketones (excluding diaryl/α,β-unsaturated/α-hetero) is 1. The molecule has 1 heterocycles. The van der Waals surface area contributed by atoms with Crippen molar-refractivity contribution < 1.29 is 28.5 Å². The van der Waals surface area contributed by atoms with E-state index < -0.39 is 47.0 Å². The first kappa shape index (κ1) is 32.7. The van der Waals surface area contributed by atoms with E-state index in [-0.39, 0.29) is 23.8 Å². The van der Waals surface area contributed by atoms with Crippen LogP contribution in [0.5, 0.6) is 0 Å². The van der Waals surface area contributed by atoms with Crippen LogP contribution in [0.3, 0.4) is 0 Å². The summed E-state index contributed by atoms with van der Waals surface area (Å²) < 4.78 is 0.877. The Morgan fingerprint density at radius 3 is 1.85 bits per heavy atom. The van der Waals surface area contributed by atoms with Crippen LogP contribution in [0, 0.1) is 17.3 Å². The maximum absolute atomic E-state index is 13.3. The zero-order valence-electron chi connectivity index (χ0n) is 25.3. The average Bonchev–Trinajstić information content (AvgIpc) is 2.84. The number of ketones is 1. The van der Waals surface area contributed by atoms with Crippen molar-refractivity contribution in [2.24, 2.45) is 17.3 Å². The quantitative estimate of drug-likeness (QED) is 0.243. The molecule has 3 atom stereocenters. The first-order valence-corrected chi connectivity index (χ1v) is 14.6. The Hall–Kier alpha value is -2.49. The summed E-state index contributed by atoms with van der Waals surface area (Å²) in [5.74, 6) is -3.00. The zero-order valence-corrected chi connectivity index (χ0v) is 25.3. The molecule has 1 aliphatic heterocycles. The molecule has 0 radical (unpaired) electrons. The highest BCUT2D eigenvalue weighted by atomic mass is 16.2. The first-order valence-electron chi connectivity index (χ1n) is 14.6. The van der Waals surface area contributed by atoms with Crippen LogP contribution in [0.1, 0.15) is 86.5 Å². The Balaban J connectivity index is 1.99. The van der Waals surface area contributed by atoms with Crippen LogP contribution in [-0.2, 0) is 24.0 Å². The van der Waals surface area contributed by atoms with Gasteiger partial charge in [-0.3, -0.25) is 24.0 Å². The molecule has 1 saturated heterocycles. The molecule has 0 aromatic carbocycles. The van der Waals surface area contributed by atoms with Gasteiger partial charge in [0.15, 0.2) is 0 Å². The minimum Gasteiger partial charge on any atom is -0.347 e. The summed E-state index contributed by atoms with van der Waals surface area (Å²) in [6.07, 6.45) is 6.40. The van der Waals surface area contributed by atoms with Crippen molar-refractivity contribution in [3.8, 4) is 0 Å². The fraction of sp³-hybridized carbons (Fsp3) is 0.828. The van der Waals surface area contributed by atoms with Gasteiger partial charge < -0.3 is 25.8 Å². The molecule has 10 nitrogen and oxygen atoms in total. The van der Waals surface area contributed by atoms with Crippen LogP contribution in [-0.4, -0.2) is 85.2 Å². The normalized spacial score (nSPS) is 20.8. The molecule has 0 bridgehead atoms. The van der Waals surface area contributed by atoms with Gasteiger partial charge in [0, 0.05) is 24.8 Å². The van der Waals surface area contributed by atoms with Crippen molar-refractivity contribution in [2.45, 2.75) is 111 Å². The summed E-state index contributed by atoms with van der Waals surface area (Å²) in [4.78, 5) is 64.9. The van der Waals surface area contributed by atoms with Crippen molar-refractivity contribution >= 4 is 29.4 Å². The van der Waals surface area contributed by atoms with Gasteiger partial charge in [0.2, 0.25) is 23.5 Å². The molecular formula is C29H52N5O5+. The molecule has 1 aliphatic carbocycles. The van der Waals surface area contributed by atoms with Gasteiger partial charge in [-0.1, -0.05) is 53.9 Å². The van der Waals surface area contributed by atoms with Crippen LogP contribution in [0.2, 0.25) is 0 Å². The molecule has 0 aromatic rings. The largest absolute Gasteiger partial charge is 0.347 e. The third-order valence-electron chi connectivity index (χ3n) is 8.11. The van der Waals surface area contributed by atoms with Crippen molar-refractivity contribution in [3.05, 3.63) is 0 Å². The number of nitrogens with one attached hydrogen (secondary N) is 4. The monoisotopic (exact) mass is 550 g/mol. The molecule has 222 valence electrons. The van der Waals surface area contributed by atoms with Crippen LogP contribution >= 0.6 is 0 Å². The summed E-state index contributed by atoms with van der Waals surface area (Å²) in [5.41, 5.74) is -0.590. The molecule has 39 heavy (non-hydrogen) atoms. The van der Waals surface area contributed by atoms with Gasteiger partial charge in [-0.25, -0.2) is 0 Å². The zero-order chi connectivity index (χ0) is 29.5. The number of likely N-dealkylation sites (tertiary alicyclic amines) is 1. The molecule has 1 saturated carbocycles. The molecule has 0 aromatic heterocycles. The van der Waals surface area contributed by atoms with Gasteiger partial charge in [-0.05, 0) is 31.1 Å². The fourth-order valence-electron chi connectivity index (χ4n) is 5.28. The highest BCUT2D eigenvalue weighted by molar-refractivity contribution is 6.38. The predicted octanol–water partition coefficient (Wildman–Crippen LogP) is 1.67. The maximum Gasteiger partial charge on any atom is 0.289 e. The van der Waals surface area contributed by atoms with E-state index in [0.29, 0.717) is 0 Å². The SMILES string of the molecule is CC(NC(=O)C(NC(=O)C1CC[N+](C)(C)CC1)C(C)(C)C)C(=O)NC(C(=O)C(=O)NC1CCCCC1)C(C)C. The lowest BCUT2D eigenvalue weighted by molar-refractivity contribution is -0.895. The third kappa shape index (κ3) is 9.89. The molecule has 10 heteroatoms. The smallest absolute Gasteiger partial charge is 0.289 e. The summed E-state index contributed by atoms with van der Waals surface area (Å²) in [7, 11) is 4.29. The lowest BCUT2D eigenvalue weighted by Gasteiger charge is -2.38. The molecular weight excluding hydrogens is 498 g/mol. The highest BCUT2D eigenvalue weighted by Crippen LogP contribution is 2.24. The number of carbonyl (C=O) groups excluding carboxylic acids is 5. The summed E-state index contributed by atoms with van der Waals surface area (Å²) in [6.45, 7) is 12.4. The molecule has 4 amide bonds. The predicted molar refractivity (Wildman–Crippen MR) is 150 cm³/mol. The van der Waals surface area contributed by atoms with Gasteiger partial charge in [0.05, 0.1) is 33.2 Å². The minimum absolute atomic E-state index is 0.0133. The summed E-state index contributed by atoms with van der Waals surface area (Å²) in [5, 5.41) is 11.1. The second kappa shape index (κ2) is 13.7. The number of hydrogen-bond donors (Lipinski definition) is 4. The lowest BCUT2D eigenvalue weighted by atomic mass is 9.85. The number of carbonyl (C=O) groups is 5. The average molecular weight is 551 g/mol. The van der Waals surface area contributed by atoms with Gasteiger partial charge in [-0.15, -0.1) is 0 Å². The number of piperidine rings is 1. The van der Waals surface area contributed by atoms with E-state index in [1.807, 2.05) is 20.8 Å². The van der Waals surface area contributed by atoms with Crippen LogP contribution in [0.4, 0.5) is 0 Å². The van der Waals surface area contributed by atoms with Crippen molar-refractivity contribution in [3.63, 3.8) is 0 Å².